The van der Waals surface area contributed by atoms with E-state index < -0.39 is 0 Å². The molecule has 0 spiro atoms. The van der Waals surface area contributed by atoms with Crippen LogP contribution in [0.4, 0.5) is 0 Å². The molecule has 5 heteroatoms. The number of aryl methyl sites for hydroxylation is 2. The monoisotopic (exact) mass is 206 g/mol. The van der Waals surface area contributed by atoms with Crippen LogP contribution in [0.25, 0.3) is 0 Å². The van der Waals surface area contributed by atoms with Gasteiger partial charge in [-0.15, -0.1) is 0 Å². The Kier molecular flexibility index (Phi) is 2.82. The Labute approximate surface area is 88.1 Å². The van der Waals surface area contributed by atoms with Crippen molar-refractivity contribution in [2.45, 2.75) is 20.0 Å². The fourth-order valence-corrected chi connectivity index (χ4v) is 1.37. The highest BCUT2D eigenvalue weighted by Crippen LogP contribution is 2.01. The maximum atomic E-state index is 5.07. The fraction of sp³-hybridized carbons (Fsp3) is 0.400. The first kappa shape index (κ1) is 9.92. The third-order valence-corrected chi connectivity index (χ3v) is 2.05. The van der Waals surface area contributed by atoms with Gasteiger partial charge in [0.1, 0.15) is 0 Å². The summed E-state index contributed by atoms with van der Waals surface area (Å²) in [7, 11) is 1.91. The molecule has 0 amide bonds. The molecular formula is C10H14N4O. The van der Waals surface area contributed by atoms with Gasteiger partial charge in [0.2, 0.25) is 0 Å². The van der Waals surface area contributed by atoms with E-state index >= 15 is 0 Å². The van der Waals surface area contributed by atoms with E-state index in [9.17, 15) is 0 Å². The first-order valence-corrected chi connectivity index (χ1v) is 4.85. The smallest absolute Gasteiger partial charge is 0.150 e. The average molecular weight is 206 g/mol. The summed E-state index contributed by atoms with van der Waals surface area (Å²) in [5.41, 5.74) is 1.93. The van der Waals surface area contributed by atoms with Crippen LogP contribution >= 0.6 is 0 Å². The summed E-state index contributed by atoms with van der Waals surface area (Å²) in [5, 5.41) is 11.3. The maximum absolute atomic E-state index is 5.07. The van der Waals surface area contributed by atoms with Gasteiger partial charge in [-0.3, -0.25) is 4.68 Å². The molecule has 1 N–H and O–H groups in total. The Hall–Kier alpha value is -1.62. The second-order valence-corrected chi connectivity index (χ2v) is 3.52. The number of nitrogens with zero attached hydrogens (tertiary/aromatic N) is 3. The van der Waals surface area contributed by atoms with E-state index in [1.165, 1.54) is 0 Å². The molecule has 5 nitrogen and oxygen atoms in total. The number of rotatable bonds is 4. The van der Waals surface area contributed by atoms with Gasteiger partial charge < -0.3 is 9.84 Å². The minimum Gasteiger partial charge on any atom is -0.360 e. The summed E-state index contributed by atoms with van der Waals surface area (Å²) >= 11 is 0. The van der Waals surface area contributed by atoms with Crippen molar-refractivity contribution in [2.24, 2.45) is 7.05 Å². The van der Waals surface area contributed by atoms with E-state index in [1.54, 1.807) is 4.68 Å². The van der Waals surface area contributed by atoms with Crippen molar-refractivity contribution in [3.8, 4) is 0 Å². The summed E-state index contributed by atoms with van der Waals surface area (Å²) in [6, 6.07) is 3.91. The average Bonchev–Trinajstić information content (AvgIpc) is 2.76. The van der Waals surface area contributed by atoms with Crippen LogP contribution in [0.1, 0.15) is 17.1 Å². The van der Waals surface area contributed by atoms with Gasteiger partial charge in [0, 0.05) is 25.9 Å². The molecule has 0 saturated heterocycles. The van der Waals surface area contributed by atoms with Crippen molar-refractivity contribution < 1.29 is 4.52 Å². The van der Waals surface area contributed by atoms with Crippen molar-refractivity contribution in [2.75, 3.05) is 0 Å². The van der Waals surface area contributed by atoms with Crippen molar-refractivity contribution in [1.29, 1.82) is 0 Å². The largest absolute Gasteiger partial charge is 0.360 e. The predicted octanol–water partition coefficient (Wildman–Crippen LogP) is 1.01. The zero-order valence-electron chi connectivity index (χ0n) is 8.90. The first-order valence-electron chi connectivity index (χ1n) is 4.85. The molecule has 2 aromatic rings. The third-order valence-electron chi connectivity index (χ3n) is 2.05. The minimum atomic E-state index is 0.678. The second kappa shape index (κ2) is 4.27. The molecular weight excluding hydrogens is 192 g/mol. The number of aromatic nitrogens is 3. The molecule has 0 aliphatic heterocycles. The topological polar surface area (TPSA) is 55.9 Å². The van der Waals surface area contributed by atoms with Crippen molar-refractivity contribution in [3.05, 3.63) is 35.5 Å². The lowest BCUT2D eigenvalue weighted by Gasteiger charge is -1.97. The minimum absolute atomic E-state index is 0.678. The summed E-state index contributed by atoms with van der Waals surface area (Å²) in [4.78, 5) is 0. The van der Waals surface area contributed by atoms with Crippen molar-refractivity contribution >= 4 is 0 Å². The van der Waals surface area contributed by atoms with Crippen LogP contribution in [-0.2, 0) is 20.1 Å². The molecule has 2 aromatic heterocycles. The van der Waals surface area contributed by atoms with Gasteiger partial charge in [-0.25, -0.2) is 0 Å². The number of nitrogens with one attached hydrogen (secondary N) is 1. The Morgan fingerprint density at radius 3 is 2.93 bits per heavy atom. The summed E-state index contributed by atoms with van der Waals surface area (Å²) in [6.07, 6.45) is 1.93. The molecule has 0 aliphatic carbocycles. The van der Waals surface area contributed by atoms with Gasteiger partial charge in [-0.2, -0.15) is 5.10 Å². The lowest BCUT2D eigenvalue weighted by Crippen LogP contribution is -2.12. The van der Waals surface area contributed by atoms with Crippen LogP contribution in [-0.4, -0.2) is 14.9 Å². The van der Waals surface area contributed by atoms with Crippen LogP contribution in [0.3, 0.4) is 0 Å². The zero-order chi connectivity index (χ0) is 10.7. The highest BCUT2D eigenvalue weighted by molar-refractivity contribution is 5.03. The second-order valence-electron chi connectivity index (χ2n) is 3.52. The van der Waals surface area contributed by atoms with E-state index in [1.807, 2.05) is 32.3 Å². The predicted molar refractivity (Wildman–Crippen MR) is 55.0 cm³/mol. The lowest BCUT2D eigenvalue weighted by molar-refractivity contribution is 0.369. The van der Waals surface area contributed by atoms with E-state index in [0.29, 0.717) is 6.54 Å². The quantitative estimate of drug-likeness (QED) is 0.811. The molecule has 0 bridgehead atoms. The lowest BCUT2D eigenvalue weighted by atomic mass is 10.3. The molecule has 0 atom stereocenters. The number of hydrogen-bond donors (Lipinski definition) is 1. The van der Waals surface area contributed by atoms with Crippen molar-refractivity contribution in [1.82, 2.24) is 20.3 Å². The highest BCUT2D eigenvalue weighted by Gasteiger charge is 2.00. The van der Waals surface area contributed by atoms with Crippen LogP contribution in [0.15, 0.2) is 22.9 Å². The Bertz CT molecular complexity index is 392. The summed E-state index contributed by atoms with van der Waals surface area (Å²) in [6.45, 7) is 3.32. The SMILES string of the molecule is Cc1cc(CNCc2ccn(C)n2)on1. The van der Waals surface area contributed by atoms with Crippen LogP contribution in [0.5, 0.6) is 0 Å². The van der Waals surface area contributed by atoms with Crippen LogP contribution < -0.4 is 5.32 Å². The van der Waals surface area contributed by atoms with Crippen LogP contribution in [0, 0.1) is 6.92 Å². The molecule has 80 valence electrons. The third kappa shape index (κ3) is 2.66. The highest BCUT2D eigenvalue weighted by atomic mass is 16.5. The molecule has 0 aromatic carbocycles. The van der Waals surface area contributed by atoms with Gasteiger partial charge in [0.05, 0.1) is 17.9 Å². The fourth-order valence-electron chi connectivity index (χ4n) is 1.37. The Balaban J connectivity index is 1.80. The molecule has 15 heavy (non-hydrogen) atoms. The van der Waals surface area contributed by atoms with Gasteiger partial charge in [-0.05, 0) is 13.0 Å². The van der Waals surface area contributed by atoms with Crippen LogP contribution in [0.2, 0.25) is 0 Å². The molecule has 0 aliphatic rings. The molecule has 2 rings (SSSR count). The molecule has 0 unspecified atom stereocenters. The Morgan fingerprint density at radius 2 is 2.33 bits per heavy atom. The van der Waals surface area contributed by atoms with E-state index in [2.05, 4.69) is 15.6 Å². The van der Waals surface area contributed by atoms with Gasteiger partial charge in [0.25, 0.3) is 0 Å². The van der Waals surface area contributed by atoms with Gasteiger partial charge in [-0.1, -0.05) is 5.16 Å². The van der Waals surface area contributed by atoms with E-state index in [0.717, 1.165) is 23.7 Å². The normalized spacial score (nSPS) is 10.8. The Morgan fingerprint density at radius 1 is 1.47 bits per heavy atom. The number of hydrogen-bond acceptors (Lipinski definition) is 4. The molecule has 0 radical (unpaired) electrons. The van der Waals surface area contributed by atoms with E-state index in [-0.39, 0.29) is 0 Å². The molecule has 2 heterocycles. The summed E-state index contributed by atoms with van der Waals surface area (Å²) < 4.78 is 6.86. The van der Waals surface area contributed by atoms with Gasteiger partial charge in [0.15, 0.2) is 5.76 Å². The van der Waals surface area contributed by atoms with Crippen molar-refractivity contribution in [3.63, 3.8) is 0 Å². The summed E-state index contributed by atoms with van der Waals surface area (Å²) in [5.74, 6) is 0.850. The first-order chi connectivity index (χ1) is 7.24. The zero-order valence-corrected chi connectivity index (χ0v) is 8.90. The molecule has 0 fully saturated rings. The maximum Gasteiger partial charge on any atom is 0.150 e. The molecule has 0 saturated carbocycles. The van der Waals surface area contributed by atoms with E-state index in [4.69, 9.17) is 4.52 Å². The van der Waals surface area contributed by atoms with Gasteiger partial charge >= 0.3 is 0 Å². The standard InChI is InChI=1S/C10H14N4O/c1-8-5-10(15-13-8)7-11-6-9-3-4-14(2)12-9/h3-5,11H,6-7H2,1-2H3.